The number of hydrogen-bond donors (Lipinski definition) is 1. The Morgan fingerprint density at radius 3 is 2.23 bits per heavy atom. The zero-order valence-electron chi connectivity index (χ0n) is 9.42. The summed E-state index contributed by atoms with van der Waals surface area (Å²) < 4.78 is 0. The molecule has 0 rings (SSSR count). The Kier molecular flexibility index (Phi) is 5.71. The van der Waals surface area contributed by atoms with Gasteiger partial charge in [-0.2, -0.15) is 0 Å². The topological polar surface area (TPSA) is 32.3 Å². The van der Waals surface area contributed by atoms with E-state index in [9.17, 15) is 4.79 Å². The van der Waals surface area contributed by atoms with Crippen LogP contribution in [-0.4, -0.2) is 37.5 Å². The first kappa shape index (κ1) is 12.4. The Hall–Kier alpha value is -0.570. The number of carbonyl (C=O) groups is 1. The monoisotopic (exact) mass is 186 g/mol. The zero-order chi connectivity index (χ0) is 10.4. The lowest BCUT2D eigenvalue weighted by Gasteiger charge is -2.25. The van der Waals surface area contributed by atoms with Crippen molar-refractivity contribution in [1.82, 2.24) is 10.2 Å². The highest BCUT2D eigenvalue weighted by molar-refractivity contribution is 5.75. The normalized spacial score (nSPS) is 13.5. The van der Waals surface area contributed by atoms with E-state index in [0.29, 0.717) is 12.3 Å². The SMILES string of the molecule is CCC(=O)NC(CN(C)C)C(C)C. The molecule has 0 aliphatic rings. The minimum Gasteiger partial charge on any atom is -0.352 e. The minimum atomic E-state index is 0.139. The first-order chi connectivity index (χ1) is 5.97. The third-order valence-corrected chi connectivity index (χ3v) is 2.03. The molecule has 3 nitrogen and oxygen atoms in total. The van der Waals surface area contributed by atoms with Crippen LogP contribution < -0.4 is 5.32 Å². The summed E-state index contributed by atoms with van der Waals surface area (Å²) in [6, 6.07) is 0.266. The van der Waals surface area contributed by atoms with Gasteiger partial charge in [-0.1, -0.05) is 20.8 Å². The van der Waals surface area contributed by atoms with E-state index in [-0.39, 0.29) is 11.9 Å². The molecular formula is C10H22N2O. The van der Waals surface area contributed by atoms with Crippen LogP contribution in [0, 0.1) is 5.92 Å². The van der Waals surface area contributed by atoms with E-state index in [1.165, 1.54) is 0 Å². The minimum absolute atomic E-state index is 0.139. The first-order valence-electron chi connectivity index (χ1n) is 4.91. The van der Waals surface area contributed by atoms with Crippen molar-refractivity contribution in [3.8, 4) is 0 Å². The van der Waals surface area contributed by atoms with Gasteiger partial charge in [0.05, 0.1) is 0 Å². The fourth-order valence-electron chi connectivity index (χ4n) is 1.13. The molecule has 1 atom stereocenters. The van der Waals surface area contributed by atoms with Gasteiger partial charge in [0.25, 0.3) is 0 Å². The highest BCUT2D eigenvalue weighted by Crippen LogP contribution is 2.02. The van der Waals surface area contributed by atoms with E-state index < -0.39 is 0 Å². The molecule has 78 valence electrons. The molecule has 13 heavy (non-hydrogen) atoms. The second-order valence-electron chi connectivity index (χ2n) is 4.03. The summed E-state index contributed by atoms with van der Waals surface area (Å²) in [7, 11) is 4.04. The highest BCUT2D eigenvalue weighted by Gasteiger charge is 2.15. The number of likely N-dealkylation sites (N-methyl/N-ethyl adjacent to an activating group) is 1. The molecule has 0 saturated heterocycles. The van der Waals surface area contributed by atoms with Gasteiger partial charge in [0.1, 0.15) is 0 Å². The number of carbonyl (C=O) groups excluding carboxylic acids is 1. The molecule has 0 saturated carbocycles. The smallest absolute Gasteiger partial charge is 0.219 e. The number of rotatable bonds is 5. The van der Waals surface area contributed by atoms with Crippen LogP contribution in [0.15, 0.2) is 0 Å². The average Bonchev–Trinajstić information content (AvgIpc) is 2.02. The summed E-state index contributed by atoms with van der Waals surface area (Å²) >= 11 is 0. The number of nitrogens with one attached hydrogen (secondary N) is 1. The Labute approximate surface area is 81.5 Å². The second-order valence-corrected chi connectivity index (χ2v) is 4.03. The Morgan fingerprint density at radius 2 is 1.92 bits per heavy atom. The summed E-state index contributed by atoms with van der Waals surface area (Å²) in [5.41, 5.74) is 0. The van der Waals surface area contributed by atoms with Crippen molar-refractivity contribution >= 4 is 5.91 Å². The Morgan fingerprint density at radius 1 is 1.38 bits per heavy atom. The molecule has 0 aromatic carbocycles. The number of amides is 1. The summed E-state index contributed by atoms with van der Waals surface area (Å²) in [5, 5.41) is 3.02. The van der Waals surface area contributed by atoms with Crippen LogP contribution >= 0.6 is 0 Å². The molecule has 1 N–H and O–H groups in total. The summed E-state index contributed by atoms with van der Waals surface area (Å²) in [6.45, 7) is 7.04. The van der Waals surface area contributed by atoms with Crippen molar-refractivity contribution in [1.29, 1.82) is 0 Å². The largest absolute Gasteiger partial charge is 0.352 e. The van der Waals surface area contributed by atoms with Crippen LogP contribution in [-0.2, 0) is 4.79 Å². The number of nitrogens with zero attached hydrogens (tertiary/aromatic N) is 1. The van der Waals surface area contributed by atoms with Gasteiger partial charge >= 0.3 is 0 Å². The quantitative estimate of drug-likeness (QED) is 0.697. The van der Waals surface area contributed by atoms with E-state index in [1.807, 2.05) is 21.0 Å². The first-order valence-corrected chi connectivity index (χ1v) is 4.91. The molecule has 0 aromatic rings. The van der Waals surface area contributed by atoms with E-state index in [0.717, 1.165) is 6.54 Å². The zero-order valence-corrected chi connectivity index (χ0v) is 9.42. The van der Waals surface area contributed by atoms with Crippen LogP contribution in [0.25, 0.3) is 0 Å². The average molecular weight is 186 g/mol. The van der Waals surface area contributed by atoms with Gasteiger partial charge in [0, 0.05) is 19.0 Å². The Bertz CT molecular complexity index is 155. The maximum Gasteiger partial charge on any atom is 0.219 e. The summed E-state index contributed by atoms with van der Waals surface area (Å²) in [4.78, 5) is 13.3. The fourth-order valence-corrected chi connectivity index (χ4v) is 1.13. The molecule has 0 radical (unpaired) electrons. The number of hydrogen-bond acceptors (Lipinski definition) is 2. The van der Waals surface area contributed by atoms with Crippen molar-refractivity contribution in [2.24, 2.45) is 5.92 Å². The molecule has 3 heteroatoms. The highest BCUT2D eigenvalue weighted by atomic mass is 16.1. The lowest BCUT2D eigenvalue weighted by molar-refractivity contribution is -0.121. The van der Waals surface area contributed by atoms with Crippen molar-refractivity contribution < 1.29 is 4.79 Å². The molecule has 1 amide bonds. The van der Waals surface area contributed by atoms with Crippen molar-refractivity contribution in [2.75, 3.05) is 20.6 Å². The van der Waals surface area contributed by atoms with Crippen LogP contribution in [0.1, 0.15) is 27.2 Å². The van der Waals surface area contributed by atoms with Gasteiger partial charge in [-0.15, -0.1) is 0 Å². The van der Waals surface area contributed by atoms with Gasteiger partial charge in [-0.05, 0) is 20.0 Å². The van der Waals surface area contributed by atoms with E-state index in [1.54, 1.807) is 0 Å². The van der Waals surface area contributed by atoms with Crippen molar-refractivity contribution in [3.05, 3.63) is 0 Å². The standard InChI is InChI=1S/C10H22N2O/c1-6-10(13)11-9(8(2)3)7-12(4)5/h8-9H,6-7H2,1-5H3,(H,11,13). The van der Waals surface area contributed by atoms with Crippen LogP contribution in [0.3, 0.4) is 0 Å². The molecule has 1 unspecified atom stereocenters. The second kappa shape index (κ2) is 5.97. The molecule has 0 aromatic heterocycles. The van der Waals surface area contributed by atoms with Gasteiger partial charge in [-0.25, -0.2) is 0 Å². The van der Waals surface area contributed by atoms with Crippen LogP contribution in [0.2, 0.25) is 0 Å². The van der Waals surface area contributed by atoms with Gasteiger partial charge in [-0.3, -0.25) is 4.79 Å². The summed E-state index contributed by atoms with van der Waals surface area (Å²) in [6.07, 6.45) is 0.566. The predicted molar refractivity (Wildman–Crippen MR) is 55.6 cm³/mol. The van der Waals surface area contributed by atoms with Gasteiger partial charge < -0.3 is 10.2 Å². The summed E-state index contributed by atoms with van der Waals surface area (Å²) in [5.74, 6) is 0.624. The van der Waals surface area contributed by atoms with E-state index in [2.05, 4.69) is 24.1 Å². The predicted octanol–water partition coefficient (Wildman–Crippen LogP) is 1.10. The molecular weight excluding hydrogens is 164 g/mol. The molecule has 0 heterocycles. The Balaban J connectivity index is 4.02. The maximum absolute atomic E-state index is 11.2. The van der Waals surface area contributed by atoms with E-state index >= 15 is 0 Å². The third kappa shape index (κ3) is 5.64. The maximum atomic E-state index is 11.2. The van der Waals surface area contributed by atoms with Crippen molar-refractivity contribution in [3.63, 3.8) is 0 Å². The molecule has 0 bridgehead atoms. The van der Waals surface area contributed by atoms with E-state index in [4.69, 9.17) is 0 Å². The molecule has 0 fully saturated rings. The van der Waals surface area contributed by atoms with Crippen LogP contribution in [0.5, 0.6) is 0 Å². The third-order valence-electron chi connectivity index (χ3n) is 2.03. The molecule has 0 spiro atoms. The molecule has 0 aliphatic carbocycles. The van der Waals surface area contributed by atoms with Gasteiger partial charge in [0.15, 0.2) is 0 Å². The lowest BCUT2D eigenvalue weighted by atomic mass is 10.0. The molecule has 0 aliphatic heterocycles. The van der Waals surface area contributed by atoms with Gasteiger partial charge in [0.2, 0.25) is 5.91 Å². The van der Waals surface area contributed by atoms with Crippen molar-refractivity contribution in [2.45, 2.75) is 33.2 Å². The van der Waals surface area contributed by atoms with Crippen LogP contribution in [0.4, 0.5) is 0 Å². The fraction of sp³-hybridized carbons (Fsp3) is 0.900. The lowest BCUT2D eigenvalue weighted by Crippen LogP contribution is -2.44.